The van der Waals surface area contributed by atoms with Gasteiger partial charge < -0.3 is 0 Å². The highest BCUT2D eigenvalue weighted by Gasteiger charge is 1.96. The Hall–Kier alpha value is -1.31. The SMILES string of the molecule is C/C(CC(C)C)=N\Nc1ccccc1. The molecule has 0 spiro atoms. The number of hydrazone groups is 1. The zero-order valence-electron chi connectivity index (χ0n) is 9.12. The summed E-state index contributed by atoms with van der Waals surface area (Å²) in [5.74, 6) is 0.663. The molecule has 0 aliphatic rings. The highest BCUT2D eigenvalue weighted by molar-refractivity contribution is 5.82. The van der Waals surface area contributed by atoms with Crippen LogP contribution in [0.4, 0.5) is 5.69 Å². The molecule has 0 saturated carbocycles. The van der Waals surface area contributed by atoms with E-state index < -0.39 is 0 Å². The molecule has 14 heavy (non-hydrogen) atoms. The lowest BCUT2D eigenvalue weighted by atomic mass is 10.1. The van der Waals surface area contributed by atoms with Crippen molar-refractivity contribution in [2.45, 2.75) is 27.2 Å². The van der Waals surface area contributed by atoms with E-state index in [-0.39, 0.29) is 0 Å². The average Bonchev–Trinajstić information content (AvgIpc) is 2.15. The van der Waals surface area contributed by atoms with Crippen LogP contribution < -0.4 is 5.43 Å². The van der Waals surface area contributed by atoms with E-state index in [0.717, 1.165) is 17.8 Å². The summed E-state index contributed by atoms with van der Waals surface area (Å²) in [5, 5.41) is 4.30. The molecular formula is C12H18N2. The average molecular weight is 190 g/mol. The molecule has 2 heteroatoms. The Kier molecular flexibility index (Phi) is 4.17. The number of para-hydroxylation sites is 1. The summed E-state index contributed by atoms with van der Waals surface area (Å²) >= 11 is 0. The van der Waals surface area contributed by atoms with Crippen molar-refractivity contribution in [3.63, 3.8) is 0 Å². The molecule has 0 fully saturated rings. The summed E-state index contributed by atoms with van der Waals surface area (Å²) in [5.41, 5.74) is 5.22. The second-order valence-electron chi connectivity index (χ2n) is 3.92. The third-order valence-corrected chi connectivity index (χ3v) is 1.85. The molecule has 0 unspecified atom stereocenters. The van der Waals surface area contributed by atoms with Gasteiger partial charge in [0.2, 0.25) is 0 Å². The van der Waals surface area contributed by atoms with E-state index in [9.17, 15) is 0 Å². The van der Waals surface area contributed by atoms with Gasteiger partial charge in [-0.3, -0.25) is 5.43 Å². The monoisotopic (exact) mass is 190 g/mol. The standard InChI is InChI=1S/C12H18N2/c1-10(2)9-11(3)13-14-12-7-5-4-6-8-12/h4-8,10,14H,9H2,1-3H3/b13-11+. The second kappa shape index (κ2) is 5.43. The van der Waals surface area contributed by atoms with E-state index >= 15 is 0 Å². The van der Waals surface area contributed by atoms with Gasteiger partial charge in [0.25, 0.3) is 0 Å². The molecule has 0 saturated heterocycles. The van der Waals surface area contributed by atoms with Gasteiger partial charge in [-0.1, -0.05) is 32.0 Å². The molecule has 0 aliphatic heterocycles. The summed E-state index contributed by atoms with van der Waals surface area (Å²) < 4.78 is 0. The Morgan fingerprint density at radius 3 is 2.50 bits per heavy atom. The number of hydrogen-bond acceptors (Lipinski definition) is 2. The third kappa shape index (κ3) is 4.08. The van der Waals surface area contributed by atoms with Crippen LogP contribution in [0.5, 0.6) is 0 Å². The highest BCUT2D eigenvalue weighted by Crippen LogP contribution is 2.06. The highest BCUT2D eigenvalue weighted by atomic mass is 15.3. The lowest BCUT2D eigenvalue weighted by Crippen LogP contribution is -2.01. The minimum atomic E-state index is 0.663. The van der Waals surface area contributed by atoms with E-state index in [2.05, 4.69) is 31.3 Å². The van der Waals surface area contributed by atoms with E-state index in [1.165, 1.54) is 0 Å². The fraction of sp³-hybridized carbons (Fsp3) is 0.417. The fourth-order valence-corrected chi connectivity index (χ4v) is 1.31. The van der Waals surface area contributed by atoms with Crippen LogP contribution in [0.3, 0.4) is 0 Å². The largest absolute Gasteiger partial charge is 0.279 e. The lowest BCUT2D eigenvalue weighted by Gasteiger charge is -2.05. The van der Waals surface area contributed by atoms with E-state index in [0.29, 0.717) is 5.92 Å². The second-order valence-corrected chi connectivity index (χ2v) is 3.92. The predicted octanol–water partition coefficient (Wildman–Crippen LogP) is 3.52. The van der Waals surface area contributed by atoms with Crippen LogP contribution in [0.1, 0.15) is 27.2 Å². The quantitative estimate of drug-likeness (QED) is 0.570. The molecule has 0 heterocycles. The molecule has 0 aliphatic carbocycles. The molecular weight excluding hydrogens is 172 g/mol. The van der Waals surface area contributed by atoms with Crippen molar-refractivity contribution >= 4 is 11.4 Å². The lowest BCUT2D eigenvalue weighted by molar-refractivity contribution is 0.682. The molecule has 0 amide bonds. The minimum absolute atomic E-state index is 0.663. The summed E-state index contributed by atoms with van der Waals surface area (Å²) in [6, 6.07) is 10.00. The van der Waals surface area contributed by atoms with E-state index in [1.807, 2.05) is 30.3 Å². The van der Waals surface area contributed by atoms with Crippen molar-refractivity contribution in [1.82, 2.24) is 0 Å². The van der Waals surface area contributed by atoms with Gasteiger partial charge in [0.05, 0.1) is 5.69 Å². The first-order chi connectivity index (χ1) is 6.68. The van der Waals surface area contributed by atoms with Crippen LogP contribution in [-0.2, 0) is 0 Å². The van der Waals surface area contributed by atoms with E-state index in [1.54, 1.807) is 0 Å². The van der Waals surface area contributed by atoms with Crippen molar-refractivity contribution in [1.29, 1.82) is 0 Å². The van der Waals surface area contributed by atoms with Crippen molar-refractivity contribution in [3.8, 4) is 0 Å². The number of benzene rings is 1. The molecule has 0 bridgehead atoms. The topological polar surface area (TPSA) is 24.4 Å². The molecule has 1 aromatic carbocycles. The fourth-order valence-electron chi connectivity index (χ4n) is 1.31. The van der Waals surface area contributed by atoms with Gasteiger partial charge in [0.1, 0.15) is 0 Å². The van der Waals surface area contributed by atoms with Crippen molar-refractivity contribution < 1.29 is 0 Å². The zero-order chi connectivity index (χ0) is 10.4. The van der Waals surface area contributed by atoms with Gasteiger partial charge in [-0.15, -0.1) is 0 Å². The molecule has 0 aromatic heterocycles. The van der Waals surface area contributed by atoms with Gasteiger partial charge in [0, 0.05) is 5.71 Å². The van der Waals surface area contributed by atoms with Gasteiger partial charge in [-0.25, -0.2) is 0 Å². The molecule has 0 radical (unpaired) electrons. The minimum Gasteiger partial charge on any atom is -0.279 e. The Labute approximate surface area is 86.0 Å². The Balaban J connectivity index is 2.47. The zero-order valence-corrected chi connectivity index (χ0v) is 9.12. The number of anilines is 1. The Morgan fingerprint density at radius 1 is 1.29 bits per heavy atom. The summed E-state index contributed by atoms with van der Waals surface area (Å²) in [7, 11) is 0. The predicted molar refractivity (Wildman–Crippen MR) is 62.6 cm³/mol. The van der Waals surface area contributed by atoms with Crippen LogP contribution in [-0.4, -0.2) is 5.71 Å². The normalized spacial score (nSPS) is 11.9. The molecule has 1 aromatic rings. The maximum Gasteiger partial charge on any atom is 0.0561 e. The maximum atomic E-state index is 4.30. The van der Waals surface area contributed by atoms with Crippen LogP contribution >= 0.6 is 0 Å². The summed E-state index contributed by atoms with van der Waals surface area (Å²) in [4.78, 5) is 0. The first kappa shape index (κ1) is 10.8. The van der Waals surface area contributed by atoms with Crippen LogP contribution in [0.15, 0.2) is 35.4 Å². The van der Waals surface area contributed by atoms with Gasteiger partial charge >= 0.3 is 0 Å². The summed E-state index contributed by atoms with van der Waals surface area (Å²) in [6.07, 6.45) is 1.04. The number of hydrogen-bond donors (Lipinski definition) is 1. The van der Waals surface area contributed by atoms with Gasteiger partial charge in [-0.05, 0) is 31.4 Å². The molecule has 1 N–H and O–H groups in total. The van der Waals surface area contributed by atoms with Crippen LogP contribution in [0, 0.1) is 5.92 Å². The van der Waals surface area contributed by atoms with E-state index in [4.69, 9.17) is 0 Å². The molecule has 1 rings (SSSR count). The van der Waals surface area contributed by atoms with Crippen LogP contribution in [0.25, 0.3) is 0 Å². The Morgan fingerprint density at radius 2 is 1.93 bits per heavy atom. The third-order valence-electron chi connectivity index (χ3n) is 1.85. The molecule has 0 atom stereocenters. The number of nitrogens with zero attached hydrogens (tertiary/aromatic N) is 1. The molecule has 76 valence electrons. The van der Waals surface area contributed by atoms with Crippen molar-refractivity contribution in [3.05, 3.63) is 30.3 Å². The maximum absolute atomic E-state index is 4.30. The first-order valence-corrected chi connectivity index (χ1v) is 5.02. The first-order valence-electron chi connectivity index (χ1n) is 5.02. The van der Waals surface area contributed by atoms with Gasteiger partial charge in [0.15, 0.2) is 0 Å². The smallest absolute Gasteiger partial charge is 0.0561 e. The van der Waals surface area contributed by atoms with Crippen molar-refractivity contribution in [2.24, 2.45) is 11.0 Å². The van der Waals surface area contributed by atoms with Crippen LogP contribution in [0.2, 0.25) is 0 Å². The Bertz CT molecular complexity index is 288. The molecule has 2 nitrogen and oxygen atoms in total. The number of rotatable bonds is 4. The van der Waals surface area contributed by atoms with Gasteiger partial charge in [-0.2, -0.15) is 5.10 Å². The summed E-state index contributed by atoms with van der Waals surface area (Å²) in [6.45, 7) is 6.44. The van der Waals surface area contributed by atoms with Crippen molar-refractivity contribution in [2.75, 3.05) is 5.43 Å². The number of nitrogens with one attached hydrogen (secondary N) is 1.